The van der Waals surface area contributed by atoms with Crippen LogP contribution >= 0.6 is 0 Å². The Morgan fingerprint density at radius 2 is 1.23 bits per heavy atom. The van der Waals surface area contributed by atoms with Crippen molar-refractivity contribution in [2.45, 2.75) is 51.6 Å². The molecular weight excluding hydrogens is 455 g/mol. The van der Waals surface area contributed by atoms with Crippen molar-refractivity contribution in [3.05, 3.63) is 95.6 Å². The van der Waals surface area contributed by atoms with E-state index in [1.807, 2.05) is 18.2 Å². The molecule has 5 heteroatoms. The lowest BCUT2D eigenvalue weighted by atomic mass is 9.96. The Morgan fingerprint density at radius 1 is 0.600 bits per heavy atom. The van der Waals surface area contributed by atoms with E-state index in [0.717, 1.165) is 34.9 Å². The fraction of sp³-hybridized carbons (Fsp3) is 0.267. The van der Waals surface area contributed by atoms with E-state index in [1.165, 1.54) is 49.8 Å². The summed E-state index contributed by atoms with van der Waals surface area (Å²) >= 11 is 0. The van der Waals surface area contributed by atoms with Gasteiger partial charge in [0.2, 0.25) is 0 Å². The van der Waals surface area contributed by atoms with Gasteiger partial charge in [0.25, 0.3) is 0 Å². The van der Waals surface area contributed by atoms with Gasteiger partial charge in [-0.05, 0) is 70.1 Å². The highest BCUT2D eigenvalue weighted by atomic mass is 19.4. The highest BCUT2D eigenvalue weighted by Gasteiger charge is 2.34. The van der Waals surface area contributed by atoms with Crippen molar-refractivity contribution in [1.29, 1.82) is 0 Å². The van der Waals surface area contributed by atoms with Gasteiger partial charge in [0.15, 0.2) is 0 Å². The highest BCUT2D eigenvalue weighted by molar-refractivity contribution is 5.88. The first-order valence-corrected chi connectivity index (χ1v) is 12.0. The molecule has 182 valence electrons. The Balaban J connectivity index is 1.53. The smallest absolute Gasteiger partial charge is 0.206 e. The number of aryl methyl sites for hydroxylation is 1. The van der Waals surface area contributed by atoms with Crippen molar-refractivity contribution in [2.75, 3.05) is 0 Å². The molecule has 0 aliphatic rings. The molecule has 0 saturated carbocycles. The van der Waals surface area contributed by atoms with E-state index in [2.05, 4.69) is 25.1 Å². The van der Waals surface area contributed by atoms with Crippen molar-refractivity contribution in [2.24, 2.45) is 0 Å². The molecule has 0 bridgehead atoms. The van der Waals surface area contributed by atoms with Gasteiger partial charge < -0.3 is 0 Å². The molecule has 0 fully saturated rings. The molecule has 4 rings (SSSR count). The lowest BCUT2D eigenvalue weighted by Crippen LogP contribution is -2.07. The predicted molar refractivity (Wildman–Crippen MR) is 132 cm³/mol. The number of hydrogen-bond donors (Lipinski definition) is 0. The fourth-order valence-electron chi connectivity index (χ4n) is 4.40. The molecule has 0 aromatic heterocycles. The zero-order valence-electron chi connectivity index (χ0n) is 19.6. The maximum absolute atomic E-state index is 14.9. The van der Waals surface area contributed by atoms with E-state index in [0.29, 0.717) is 11.6 Å². The summed E-state index contributed by atoms with van der Waals surface area (Å²) in [6.07, 6.45) is 2.47. The van der Waals surface area contributed by atoms with Gasteiger partial charge in [0.1, 0.15) is 11.6 Å². The van der Waals surface area contributed by atoms with Crippen LogP contribution in [0.3, 0.4) is 0 Å². The average Bonchev–Trinajstić information content (AvgIpc) is 2.82. The molecule has 0 saturated heterocycles. The summed E-state index contributed by atoms with van der Waals surface area (Å²) < 4.78 is 67.3. The predicted octanol–water partition coefficient (Wildman–Crippen LogP) is 9.98. The van der Waals surface area contributed by atoms with Gasteiger partial charge in [-0.2, -0.15) is 13.2 Å². The maximum Gasteiger partial charge on any atom is 0.419 e. The lowest BCUT2D eigenvalue weighted by molar-refractivity contribution is -0.139. The summed E-state index contributed by atoms with van der Waals surface area (Å²) in [6.45, 7) is 2.21. The zero-order chi connectivity index (χ0) is 25.0. The van der Waals surface area contributed by atoms with Gasteiger partial charge in [-0.25, -0.2) is 8.78 Å². The fourth-order valence-corrected chi connectivity index (χ4v) is 4.40. The normalized spacial score (nSPS) is 11.8. The first kappa shape index (κ1) is 24.9. The number of fused-ring (bicyclic) bond motifs is 1. The van der Waals surface area contributed by atoms with Crippen LogP contribution in [0, 0.1) is 11.6 Å². The van der Waals surface area contributed by atoms with Crippen LogP contribution in [0.4, 0.5) is 22.0 Å². The van der Waals surface area contributed by atoms with Gasteiger partial charge in [-0.15, -0.1) is 0 Å². The first-order chi connectivity index (χ1) is 16.8. The van der Waals surface area contributed by atoms with E-state index < -0.39 is 23.4 Å². The molecule has 0 aliphatic heterocycles. The van der Waals surface area contributed by atoms with E-state index in [-0.39, 0.29) is 11.1 Å². The van der Waals surface area contributed by atoms with Gasteiger partial charge in [-0.3, -0.25) is 0 Å². The summed E-state index contributed by atoms with van der Waals surface area (Å²) in [5.41, 5.74) is 1.51. The third-order valence-electron chi connectivity index (χ3n) is 6.36. The largest absolute Gasteiger partial charge is 0.419 e. The van der Waals surface area contributed by atoms with Crippen LogP contribution in [0.25, 0.3) is 33.0 Å². The van der Waals surface area contributed by atoms with Gasteiger partial charge in [0.05, 0.1) is 5.56 Å². The second-order valence-electron chi connectivity index (χ2n) is 8.95. The highest BCUT2D eigenvalue weighted by Crippen LogP contribution is 2.35. The molecule has 0 radical (unpaired) electrons. The third-order valence-corrected chi connectivity index (χ3v) is 6.36. The van der Waals surface area contributed by atoms with Crippen LogP contribution in [0.15, 0.2) is 72.8 Å². The Kier molecular flexibility index (Phi) is 7.54. The zero-order valence-corrected chi connectivity index (χ0v) is 19.6. The molecule has 35 heavy (non-hydrogen) atoms. The van der Waals surface area contributed by atoms with Gasteiger partial charge in [0, 0.05) is 5.56 Å². The lowest BCUT2D eigenvalue weighted by Gasteiger charge is -2.11. The molecule has 0 unspecified atom stereocenters. The molecule has 0 atom stereocenters. The number of alkyl halides is 3. The van der Waals surface area contributed by atoms with E-state index >= 15 is 0 Å². The van der Waals surface area contributed by atoms with Crippen LogP contribution in [-0.4, -0.2) is 0 Å². The van der Waals surface area contributed by atoms with Crippen molar-refractivity contribution in [3.63, 3.8) is 0 Å². The Morgan fingerprint density at radius 3 is 1.94 bits per heavy atom. The van der Waals surface area contributed by atoms with Crippen molar-refractivity contribution in [1.82, 2.24) is 0 Å². The molecule has 0 amide bonds. The number of rotatable bonds is 8. The number of hydrogen-bond acceptors (Lipinski definition) is 0. The van der Waals surface area contributed by atoms with E-state index in [9.17, 15) is 22.0 Å². The third kappa shape index (κ3) is 5.90. The van der Waals surface area contributed by atoms with Gasteiger partial charge >= 0.3 is 6.18 Å². The molecule has 4 aromatic carbocycles. The standard InChI is InChI=1S/C30H27F5/c1-2-3-4-5-6-7-20-8-9-22-17-23(11-10-21(22)16-20)24-12-14-26(28(31)18-24)25-13-15-27(29(32)19-25)30(33,34)35/h8-19H,2-7H2,1H3. The molecule has 4 aromatic rings. The molecule has 0 spiro atoms. The minimum absolute atomic E-state index is 0.0470. The summed E-state index contributed by atoms with van der Waals surface area (Å²) in [5.74, 6) is -2.05. The van der Waals surface area contributed by atoms with Crippen LogP contribution in [0.2, 0.25) is 0 Å². The van der Waals surface area contributed by atoms with Gasteiger partial charge in [-0.1, -0.05) is 81.1 Å². The SMILES string of the molecule is CCCCCCCc1ccc2cc(-c3ccc(-c4ccc(C(F)(F)F)c(F)c4)c(F)c3)ccc2c1. The van der Waals surface area contributed by atoms with E-state index in [1.54, 1.807) is 6.07 Å². The number of benzene rings is 4. The Bertz CT molecular complexity index is 1320. The van der Waals surface area contributed by atoms with Crippen molar-refractivity contribution in [3.8, 4) is 22.3 Å². The number of unbranched alkanes of at least 4 members (excludes halogenated alkanes) is 4. The van der Waals surface area contributed by atoms with E-state index in [4.69, 9.17) is 0 Å². The summed E-state index contributed by atoms with van der Waals surface area (Å²) in [4.78, 5) is 0. The van der Waals surface area contributed by atoms with Crippen LogP contribution < -0.4 is 0 Å². The topological polar surface area (TPSA) is 0 Å². The Hall–Kier alpha value is -3.21. The Labute approximate surface area is 202 Å². The van der Waals surface area contributed by atoms with Crippen LogP contribution in [-0.2, 0) is 12.6 Å². The number of halogens is 5. The maximum atomic E-state index is 14.9. The minimum Gasteiger partial charge on any atom is -0.206 e. The summed E-state index contributed by atoms with van der Waals surface area (Å²) in [6, 6.07) is 19.3. The molecule has 0 aliphatic carbocycles. The summed E-state index contributed by atoms with van der Waals surface area (Å²) in [5, 5.41) is 2.17. The van der Waals surface area contributed by atoms with Crippen molar-refractivity contribution >= 4 is 10.8 Å². The minimum atomic E-state index is -4.80. The molecule has 0 nitrogen and oxygen atoms in total. The van der Waals surface area contributed by atoms with Crippen molar-refractivity contribution < 1.29 is 22.0 Å². The first-order valence-electron chi connectivity index (χ1n) is 12.0. The molecule has 0 heterocycles. The monoisotopic (exact) mass is 482 g/mol. The van der Waals surface area contributed by atoms with Crippen LogP contribution in [0.5, 0.6) is 0 Å². The second-order valence-corrected chi connectivity index (χ2v) is 8.95. The quantitative estimate of drug-likeness (QED) is 0.173. The van der Waals surface area contributed by atoms with Crippen LogP contribution in [0.1, 0.15) is 50.2 Å². The average molecular weight is 483 g/mol. The molecular formula is C30H27F5. The summed E-state index contributed by atoms with van der Waals surface area (Å²) in [7, 11) is 0. The molecule has 0 N–H and O–H groups in total. The second kappa shape index (κ2) is 10.6.